The van der Waals surface area contributed by atoms with E-state index in [-0.39, 0.29) is 12.3 Å². The van der Waals surface area contributed by atoms with E-state index in [0.717, 1.165) is 17.5 Å². The van der Waals surface area contributed by atoms with Crippen molar-refractivity contribution < 1.29 is 14.3 Å². The smallest absolute Gasteiger partial charge is 0.410 e. The van der Waals surface area contributed by atoms with Gasteiger partial charge in [0.15, 0.2) is 5.78 Å². The molecule has 18 heavy (non-hydrogen) atoms. The molecule has 0 spiro atoms. The molecule has 96 valence electrons. The second-order valence-corrected chi connectivity index (χ2v) is 4.65. The average Bonchev–Trinajstić information content (AvgIpc) is 2.34. The molecule has 1 heterocycles. The first-order valence-electron chi connectivity index (χ1n) is 6.12. The highest BCUT2D eigenvalue weighted by atomic mass is 16.6. The third-order valence-electron chi connectivity index (χ3n) is 3.11. The van der Waals surface area contributed by atoms with Crippen molar-refractivity contribution >= 4 is 11.9 Å². The van der Waals surface area contributed by atoms with Gasteiger partial charge in [0.25, 0.3) is 0 Å². The standard InChI is InChI=1S/C14H17NO3/c1-10-5-3-6-11(2)13(10)18-14(17)15-8-4-7-12(16)9-15/h3,5-6H,4,7-9H2,1-2H3. The SMILES string of the molecule is Cc1cccc(C)c1OC(=O)N1CCCC(=O)C1. The van der Waals surface area contributed by atoms with Gasteiger partial charge in [-0.2, -0.15) is 0 Å². The molecule has 0 radical (unpaired) electrons. The van der Waals surface area contributed by atoms with Gasteiger partial charge in [0.05, 0.1) is 6.54 Å². The number of piperidine rings is 1. The number of rotatable bonds is 1. The fraction of sp³-hybridized carbons (Fsp3) is 0.429. The van der Waals surface area contributed by atoms with Crippen LogP contribution in [0.5, 0.6) is 5.75 Å². The van der Waals surface area contributed by atoms with Crippen molar-refractivity contribution in [2.24, 2.45) is 0 Å². The molecular formula is C14H17NO3. The summed E-state index contributed by atoms with van der Waals surface area (Å²) in [6.45, 7) is 4.56. The lowest BCUT2D eigenvalue weighted by atomic mass is 10.1. The van der Waals surface area contributed by atoms with Gasteiger partial charge < -0.3 is 9.64 Å². The number of likely N-dealkylation sites (tertiary alicyclic amines) is 1. The van der Waals surface area contributed by atoms with Crippen LogP contribution in [-0.4, -0.2) is 29.9 Å². The van der Waals surface area contributed by atoms with E-state index in [1.165, 1.54) is 4.90 Å². The topological polar surface area (TPSA) is 46.6 Å². The minimum atomic E-state index is -0.430. The number of amides is 1. The summed E-state index contributed by atoms with van der Waals surface area (Å²) >= 11 is 0. The monoisotopic (exact) mass is 247 g/mol. The van der Waals surface area contributed by atoms with Crippen LogP contribution in [-0.2, 0) is 4.79 Å². The van der Waals surface area contributed by atoms with Crippen LogP contribution < -0.4 is 4.74 Å². The molecule has 0 aromatic heterocycles. The minimum Gasteiger partial charge on any atom is -0.410 e. The van der Waals surface area contributed by atoms with Gasteiger partial charge in [0.1, 0.15) is 5.75 Å². The molecule has 0 aliphatic carbocycles. The van der Waals surface area contributed by atoms with Crippen molar-refractivity contribution in [2.75, 3.05) is 13.1 Å². The summed E-state index contributed by atoms with van der Waals surface area (Å²) in [5.41, 5.74) is 1.85. The molecule has 2 rings (SSSR count). The Kier molecular flexibility index (Phi) is 3.65. The summed E-state index contributed by atoms with van der Waals surface area (Å²) < 4.78 is 5.40. The predicted molar refractivity (Wildman–Crippen MR) is 67.8 cm³/mol. The number of benzene rings is 1. The lowest BCUT2D eigenvalue weighted by Gasteiger charge is -2.25. The molecule has 0 N–H and O–H groups in total. The highest BCUT2D eigenvalue weighted by Crippen LogP contribution is 2.23. The average molecular weight is 247 g/mol. The van der Waals surface area contributed by atoms with Gasteiger partial charge in [-0.1, -0.05) is 18.2 Å². The van der Waals surface area contributed by atoms with Crippen LogP contribution in [0.25, 0.3) is 0 Å². The zero-order chi connectivity index (χ0) is 13.1. The maximum absolute atomic E-state index is 12.0. The van der Waals surface area contributed by atoms with E-state index < -0.39 is 6.09 Å². The van der Waals surface area contributed by atoms with Crippen molar-refractivity contribution in [2.45, 2.75) is 26.7 Å². The van der Waals surface area contributed by atoms with Crippen LogP contribution in [0, 0.1) is 13.8 Å². The Morgan fingerprint density at radius 2 is 1.94 bits per heavy atom. The van der Waals surface area contributed by atoms with Crippen molar-refractivity contribution in [3.8, 4) is 5.75 Å². The van der Waals surface area contributed by atoms with Gasteiger partial charge in [0.2, 0.25) is 0 Å². The van der Waals surface area contributed by atoms with E-state index in [4.69, 9.17) is 4.74 Å². The van der Waals surface area contributed by atoms with Crippen LogP contribution in [0.1, 0.15) is 24.0 Å². The van der Waals surface area contributed by atoms with Gasteiger partial charge in [-0.05, 0) is 31.4 Å². The maximum atomic E-state index is 12.0. The number of Topliss-reactive ketones (excluding diaryl/α,β-unsaturated/α-hetero) is 1. The summed E-state index contributed by atoms with van der Waals surface area (Å²) in [5, 5.41) is 0. The first kappa shape index (κ1) is 12.6. The van der Waals surface area contributed by atoms with Gasteiger partial charge in [0, 0.05) is 13.0 Å². The second kappa shape index (κ2) is 5.21. The number of para-hydroxylation sites is 1. The largest absolute Gasteiger partial charge is 0.415 e. The molecule has 0 saturated carbocycles. The molecule has 0 atom stereocenters. The molecule has 1 aromatic rings. The molecule has 1 saturated heterocycles. The normalized spacial score (nSPS) is 15.7. The fourth-order valence-electron chi connectivity index (χ4n) is 2.11. The third kappa shape index (κ3) is 2.70. The number of hydrogen-bond acceptors (Lipinski definition) is 3. The number of carbonyl (C=O) groups is 2. The number of ketones is 1. The van der Waals surface area contributed by atoms with E-state index in [0.29, 0.717) is 18.7 Å². The molecular weight excluding hydrogens is 230 g/mol. The Hall–Kier alpha value is -1.84. The van der Waals surface area contributed by atoms with Crippen LogP contribution in [0.3, 0.4) is 0 Å². The fourth-order valence-corrected chi connectivity index (χ4v) is 2.11. The van der Waals surface area contributed by atoms with E-state index in [1.54, 1.807) is 0 Å². The van der Waals surface area contributed by atoms with E-state index in [2.05, 4.69) is 0 Å². The minimum absolute atomic E-state index is 0.0969. The van der Waals surface area contributed by atoms with Crippen LogP contribution in [0.4, 0.5) is 4.79 Å². The molecule has 1 amide bonds. The number of ether oxygens (including phenoxy) is 1. The molecule has 0 unspecified atom stereocenters. The van der Waals surface area contributed by atoms with Gasteiger partial charge in [-0.25, -0.2) is 4.79 Å². The summed E-state index contributed by atoms with van der Waals surface area (Å²) in [6, 6.07) is 5.72. The van der Waals surface area contributed by atoms with E-state index >= 15 is 0 Å². The number of hydrogen-bond donors (Lipinski definition) is 0. The Morgan fingerprint density at radius 1 is 1.28 bits per heavy atom. The van der Waals surface area contributed by atoms with Crippen LogP contribution in [0.15, 0.2) is 18.2 Å². The zero-order valence-electron chi connectivity index (χ0n) is 10.7. The van der Waals surface area contributed by atoms with Crippen LogP contribution in [0.2, 0.25) is 0 Å². The zero-order valence-corrected chi connectivity index (χ0v) is 10.7. The third-order valence-corrected chi connectivity index (χ3v) is 3.11. The molecule has 1 aromatic carbocycles. The maximum Gasteiger partial charge on any atom is 0.415 e. The Labute approximate surface area is 107 Å². The molecule has 0 bridgehead atoms. The number of nitrogens with zero attached hydrogens (tertiary/aromatic N) is 1. The quantitative estimate of drug-likeness (QED) is 0.765. The predicted octanol–water partition coefficient (Wildman–Crippen LogP) is 2.47. The van der Waals surface area contributed by atoms with Crippen molar-refractivity contribution in [3.05, 3.63) is 29.3 Å². The van der Waals surface area contributed by atoms with Gasteiger partial charge in [-0.15, -0.1) is 0 Å². The number of carbonyl (C=O) groups excluding carboxylic acids is 2. The number of aryl methyl sites for hydroxylation is 2. The first-order valence-corrected chi connectivity index (χ1v) is 6.12. The van der Waals surface area contributed by atoms with Crippen molar-refractivity contribution in [1.29, 1.82) is 0 Å². The summed E-state index contributed by atoms with van der Waals surface area (Å²) in [6.07, 6.45) is 0.855. The lowest BCUT2D eigenvalue weighted by molar-refractivity contribution is -0.121. The van der Waals surface area contributed by atoms with Gasteiger partial charge >= 0.3 is 6.09 Å². The van der Waals surface area contributed by atoms with Crippen molar-refractivity contribution in [1.82, 2.24) is 4.90 Å². The van der Waals surface area contributed by atoms with Crippen LogP contribution >= 0.6 is 0 Å². The highest BCUT2D eigenvalue weighted by molar-refractivity contribution is 5.85. The first-order chi connectivity index (χ1) is 8.58. The Morgan fingerprint density at radius 3 is 2.56 bits per heavy atom. The molecule has 1 fully saturated rings. The van der Waals surface area contributed by atoms with E-state index in [9.17, 15) is 9.59 Å². The molecule has 4 heteroatoms. The molecule has 1 aliphatic rings. The Bertz CT molecular complexity index is 462. The summed E-state index contributed by atoms with van der Waals surface area (Å²) in [5.74, 6) is 0.695. The highest BCUT2D eigenvalue weighted by Gasteiger charge is 2.23. The summed E-state index contributed by atoms with van der Waals surface area (Å²) in [7, 11) is 0. The van der Waals surface area contributed by atoms with Gasteiger partial charge in [-0.3, -0.25) is 4.79 Å². The summed E-state index contributed by atoms with van der Waals surface area (Å²) in [4.78, 5) is 24.8. The lowest BCUT2D eigenvalue weighted by Crippen LogP contribution is -2.41. The Balaban J connectivity index is 2.09. The molecule has 4 nitrogen and oxygen atoms in total. The van der Waals surface area contributed by atoms with Crippen molar-refractivity contribution in [3.63, 3.8) is 0 Å². The van der Waals surface area contributed by atoms with E-state index in [1.807, 2.05) is 32.0 Å². The molecule has 1 aliphatic heterocycles. The second-order valence-electron chi connectivity index (χ2n) is 4.65.